The molecule has 0 saturated heterocycles. The molecule has 1 rings (SSSR count). The zero-order valence-electron chi connectivity index (χ0n) is 22.8. The zero-order valence-corrected chi connectivity index (χ0v) is 22.8. The van der Waals surface area contributed by atoms with Gasteiger partial charge in [0.2, 0.25) is 0 Å². The number of hydrogen-bond donors (Lipinski definition) is 2. The zero-order chi connectivity index (χ0) is 27.8. The summed E-state index contributed by atoms with van der Waals surface area (Å²) in [4.78, 5) is 35.9. The molecule has 1 saturated carbocycles. The molecule has 0 aromatic heterocycles. The molecule has 0 heterocycles. The number of aliphatic hydroxyl groups excluding tert-OH is 2. The number of carbonyl (C=O) groups is 3. The van der Waals surface area contributed by atoms with E-state index in [9.17, 15) is 29.7 Å². The van der Waals surface area contributed by atoms with Gasteiger partial charge in [-0.3, -0.25) is 9.59 Å². The number of rotatable bonds is 17. The first-order chi connectivity index (χ1) is 17.4. The Kier molecular flexibility index (Phi) is 15.0. The number of ether oxygens (including phenoxy) is 1. The lowest BCUT2D eigenvalue weighted by molar-refractivity contribution is -0.873. The highest BCUT2D eigenvalue weighted by molar-refractivity contribution is 5.85. The van der Waals surface area contributed by atoms with Gasteiger partial charge in [-0.05, 0) is 32.1 Å². The third kappa shape index (κ3) is 14.7. The summed E-state index contributed by atoms with van der Waals surface area (Å²) < 4.78 is 5.78. The van der Waals surface area contributed by atoms with Gasteiger partial charge in [0, 0.05) is 37.1 Å². The van der Waals surface area contributed by atoms with E-state index in [-0.39, 0.29) is 25.0 Å². The summed E-state index contributed by atoms with van der Waals surface area (Å²) in [6.45, 7) is 2.41. The number of esters is 1. The second-order valence-corrected chi connectivity index (χ2v) is 10.6. The minimum atomic E-state index is -1.30. The fraction of sp³-hybridized carbons (Fsp3) is 0.621. The molecule has 0 spiro atoms. The van der Waals surface area contributed by atoms with Gasteiger partial charge in [-0.2, -0.15) is 0 Å². The summed E-state index contributed by atoms with van der Waals surface area (Å²) in [6, 6.07) is 0. The number of likely N-dealkylation sites (N-methyl/N-ethyl adjacent to an activating group) is 1. The molecule has 5 atom stereocenters. The molecule has 8 heteroatoms. The van der Waals surface area contributed by atoms with Crippen LogP contribution in [0.1, 0.15) is 58.3 Å². The molecule has 0 radical (unpaired) electrons. The van der Waals surface area contributed by atoms with Crippen LogP contribution in [0.5, 0.6) is 0 Å². The maximum Gasteiger partial charge on any atom is 0.306 e. The van der Waals surface area contributed by atoms with Gasteiger partial charge in [0.25, 0.3) is 0 Å². The Morgan fingerprint density at radius 2 is 1.73 bits per heavy atom. The molecule has 0 aliphatic heterocycles. The van der Waals surface area contributed by atoms with Crippen LogP contribution in [0.2, 0.25) is 0 Å². The number of nitrogens with zero attached hydrogens (tertiary/aromatic N) is 1. The summed E-state index contributed by atoms with van der Waals surface area (Å²) in [6.07, 6.45) is 15.9. The van der Waals surface area contributed by atoms with Gasteiger partial charge in [0.1, 0.15) is 12.3 Å². The normalized spacial score (nSPS) is 22.5. The highest BCUT2D eigenvalue weighted by Crippen LogP contribution is 2.34. The quantitative estimate of drug-likeness (QED) is 0.172. The van der Waals surface area contributed by atoms with E-state index in [1.165, 1.54) is 0 Å². The topological polar surface area (TPSA) is 124 Å². The Morgan fingerprint density at radius 1 is 1.11 bits per heavy atom. The molecule has 0 amide bonds. The van der Waals surface area contributed by atoms with Gasteiger partial charge in [-0.25, -0.2) is 0 Å². The Hall–Kier alpha value is -2.55. The number of carboxylic acid groups (broad SMARTS) is 1. The predicted molar refractivity (Wildman–Crippen MR) is 141 cm³/mol. The van der Waals surface area contributed by atoms with Crippen LogP contribution in [0, 0.1) is 11.8 Å². The Balaban J connectivity index is 2.58. The second-order valence-electron chi connectivity index (χ2n) is 10.6. The number of carboxylic acids is 1. The summed E-state index contributed by atoms with van der Waals surface area (Å²) in [5, 5.41) is 31.7. The lowest BCUT2D eigenvalue weighted by Gasteiger charge is -2.29. The van der Waals surface area contributed by atoms with E-state index in [1.54, 1.807) is 12.2 Å². The van der Waals surface area contributed by atoms with Crippen molar-refractivity contribution in [3.8, 4) is 0 Å². The van der Waals surface area contributed by atoms with Crippen LogP contribution in [0.25, 0.3) is 0 Å². The number of carbonyl (C=O) groups excluding carboxylic acids is 3. The maximum absolute atomic E-state index is 12.4. The van der Waals surface area contributed by atoms with Gasteiger partial charge < -0.3 is 29.3 Å². The molecule has 1 fully saturated rings. The van der Waals surface area contributed by atoms with Gasteiger partial charge in [0.15, 0.2) is 6.10 Å². The molecule has 37 heavy (non-hydrogen) atoms. The van der Waals surface area contributed by atoms with Gasteiger partial charge in [-0.15, -0.1) is 0 Å². The molecular weight excluding hydrogens is 474 g/mol. The molecule has 2 N–H and O–H groups in total. The summed E-state index contributed by atoms with van der Waals surface area (Å²) in [7, 11) is 5.58. The Labute approximate surface area is 221 Å². The van der Waals surface area contributed by atoms with Crippen LogP contribution < -0.4 is 5.11 Å². The summed E-state index contributed by atoms with van der Waals surface area (Å²) in [5.74, 6) is -3.08. The summed E-state index contributed by atoms with van der Waals surface area (Å²) >= 11 is 0. The van der Waals surface area contributed by atoms with Crippen molar-refractivity contribution in [2.75, 3.05) is 27.7 Å². The largest absolute Gasteiger partial charge is 0.550 e. The average Bonchev–Trinajstić information content (AvgIpc) is 3.05. The fourth-order valence-electron chi connectivity index (χ4n) is 4.33. The van der Waals surface area contributed by atoms with Crippen molar-refractivity contribution in [1.82, 2.24) is 0 Å². The fourth-order valence-corrected chi connectivity index (χ4v) is 4.33. The first kappa shape index (κ1) is 32.5. The van der Waals surface area contributed by atoms with E-state index in [4.69, 9.17) is 4.74 Å². The molecule has 1 aliphatic rings. The number of quaternary nitrogens is 1. The van der Waals surface area contributed by atoms with Crippen molar-refractivity contribution in [3.05, 3.63) is 48.6 Å². The number of allylic oxidation sites excluding steroid dienone is 5. The number of aliphatic hydroxyl groups is 2. The Morgan fingerprint density at radius 3 is 2.32 bits per heavy atom. The van der Waals surface area contributed by atoms with E-state index in [0.717, 1.165) is 19.3 Å². The first-order valence-corrected chi connectivity index (χ1v) is 13.1. The van der Waals surface area contributed by atoms with Crippen LogP contribution in [-0.2, 0) is 19.1 Å². The number of hydrogen-bond acceptors (Lipinski definition) is 7. The van der Waals surface area contributed by atoms with Crippen LogP contribution in [-0.4, -0.2) is 78.4 Å². The molecule has 8 nitrogen and oxygen atoms in total. The minimum absolute atomic E-state index is 0.000683. The SMILES string of the molecule is CC/C=C/C/C=C/C/C=C/CC(O)/C=C/C1C(O)CC(=O)C1CCC(=O)OC(CC(=O)[O-])C[N+](C)(C)C. The molecule has 5 unspecified atom stereocenters. The van der Waals surface area contributed by atoms with Crippen LogP contribution in [0.3, 0.4) is 0 Å². The monoisotopic (exact) mass is 519 g/mol. The van der Waals surface area contributed by atoms with Crippen molar-refractivity contribution in [2.24, 2.45) is 11.8 Å². The number of Topliss-reactive ketones (excluding diaryl/α,β-unsaturated/α-hetero) is 1. The second kappa shape index (κ2) is 17.1. The standard InChI is InChI=1S/C29H45NO7/c1-5-6-7-8-9-10-11-12-13-14-22(31)15-16-24-25(27(33)20-26(24)32)17-18-29(36)37-23(19-28(34)35)21-30(2,3)4/h6-7,9-10,12-13,15-16,22-26,31-32H,5,8,11,14,17-21H2,1-4H3/b7-6+,10-9+,13-12+,16-15+. The molecule has 1 aliphatic carbocycles. The lowest BCUT2D eigenvalue weighted by Crippen LogP contribution is -2.45. The van der Waals surface area contributed by atoms with Crippen molar-refractivity contribution >= 4 is 17.7 Å². The van der Waals surface area contributed by atoms with Crippen LogP contribution in [0.4, 0.5) is 0 Å². The Bertz CT molecular complexity index is 838. The first-order valence-electron chi connectivity index (χ1n) is 13.1. The van der Waals surface area contributed by atoms with E-state index in [0.29, 0.717) is 17.4 Å². The van der Waals surface area contributed by atoms with Crippen molar-refractivity contribution in [1.29, 1.82) is 0 Å². The van der Waals surface area contributed by atoms with E-state index < -0.39 is 48.5 Å². The van der Waals surface area contributed by atoms with Gasteiger partial charge in [0.05, 0.1) is 33.4 Å². The van der Waals surface area contributed by atoms with Crippen LogP contribution in [0.15, 0.2) is 48.6 Å². The molecular formula is C29H45NO7. The highest BCUT2D eigenvalue weighted by Gasteiger charge is 2.40. The van der Waals surface area contributed by atoms with E-state index in [2.05, 4.69) is 31.2 Å². The van der Waals surface area contributed by atoms with E-state index in [1.807, 2.05) is 33.3 Å². The van der Waals surface area contributed by atoms with Gasteiger partial charge in [-0.1, -0.05) is 55.5 Å². The van der Waals surface area contributed by atoms with Crippen molar-refractivity contribution in [3.63, 3.8) is 0 Å². The molecule has 208 valence electrons. The van der Waals surface area contributed by atoms with Crippen molar-refractivity contribution < 1.29 is 38.9 Å². The van der Waals surface area contributed by atoms with Gasteiger partial charge >= 0.3 is 5.97 Å². The molecule has 0 bridgehead atoms. The van der Waals surface area contributed by atoms with Crippen molar-refractivity contribution in [2.45, 2.75) is 76.6 Å². The highest BCUT2D eigenvalue weighted by atomic mass is 16.5. The summed E-state index contributed by atoms with van der Waals surface area (Å²) in [5.41, 5.74) is 0. The van der Waals surface area contributed by atoms with E-state index >= 15 is 0 Å². The molecule has 0 aromatic carbocycles. The predicted octanol–water partition coefficient (Wildman–Crippen LogP) is 2.26. The number of aliphatic carboxylic acids is 1. The average molecular weight is 520 g/mol. The van der Waals surface area contributed by atoms with Crippen LogP contribution >= 0.6 is 0 Å². The number of ketones is 1. The minimum Gasteiger partial charge on any atom is -0.550 e. The molecule has 0 aromatic rings. The third-order valence-corrected chi connectivity index (χ3v) is 6.05. The lowest BCUT2D eigenvalue weighted by atomic mass is 9.89. The smallest absolute Gasteiger partial charge is 0.306 e. The third-order valence-electron chi connectivity index (χ3n) is 6.05. The maximum atomic E-state index is 12.4.